The number of hydrogen-bond acceptors (Lipinski definition) is 6. The largest absolute Gasteiger partial charge is 0.324 e. The Morgan fingerprint density at radius 1 is 1.18 bits per heavy atom. The van der Waals surface area contributed by atoms with Crippen molar-refractivity contribution in [2.45, 2.75) is 18.7 Å². The maximum absolute atomic E-state index is 14.6. The van der Waals surface area contributed by atoms with Crippen LogP contribution < -0.4 is 5.32 Å². The minimum atomic E-state index is -4.31. The molecule has 1 aromatic heterocycles. The molecule has 3 aromatic rings. The topological polar surface area (TPSA) is 112 Å². The van der Waals surface area contributed by atoms with E-state index >= 15 is 0 Å². The molecule has 2 aromatic carbocycles. The number of anilines is 1. The molecule has 8 nitrogen and oxygen atoms in total. The maximum Gasteiger partial charge on any atom is 0.268 e. The van der Waals surface area contributed by atoms with Crippen LogP contribution in [-0.4, -0.2) is 49.6 Å². The van der Waals surface area contributed by atoms with E-state index in [2.05, 4.69) is 5.32 Å². The van der Waals surface area contributed by atoms with Crippen LogP contribution in [0.25, 0.3) is 10.9 Å². The molecule has 33 heavy (non-hydrogen) atoms. The molecular formula is C23H23FN4O4S. The number of carbonyl (C=O) groups is 2. The second-order valence-electron chi connectivity index (χ2n) is 7.99. The molecule has 10 heteroatoms. The lowest BCUT2D eigenvalue weighted by molar-refractivity contribution is -0.114. The first-order chi connectivity index (χ1) is 15.4. The van der Waals surface area contributed by atoms with E-state index in [4.69, 9.17) is 0 Å². The first kappa shape index (κ1) is 24.1. The summed E-state index contributed by atoms with van der Waals surface area (Å²) in [6.45, 7) is 3.07. The number of aromatic nitrogens is 1. The second kappa shape index (κ2) is 9.13. The Hall–Kier alpha value is -3.55. The first-order valence-corrected chi connectivity index (χ1v) is 11.4. The monoisotopic (exact) mass is 470 g/mol. The fraction of sp³-hybridized carbons (Fsp3) is 0.261. The minimum absolute atomic E-state index is 0.00520. The van der Waals surface area contributed by atoms with Gasteiger partial charge in [-0.05, 0) is 51.4 Å². The fourth-order valence-electron chi connectivity index (χ4n) is 3.46. The van der Waals surface area contributed by atoms with Crippen molar-refractivity contribution in [1.29, 1.82) is 5.26 Å². The lowest BCUT2D eigenvalue weighted by atomic mass is 10.0. The van der Waals surface area contributed by atoms with Crippen molar-refractivity contribution in [2.75, 3.05) is 26.0 Å². The summed E-state index contributed by atoms with van der Waals surface area (Å²) in [6.07, 6.45) is 0. The highest BCUT2D eigenvalue weighted by molar-refractivity contribution is 7.90. The third-order valence-corrected chi connectivity index (χ3v) is 6.73. The minimum Gasteiger partial charge on any atom is -0.324 e. The van der Waals surface area contributed by atoms with Gasteiger partial charge in [-0.15, -0.1) is 0 Å². The lowest BCUT2D eigenvalue weighted by Crippen LogP contribution is -2.29. The molecule has 0 saturated carbocycles. The number of carbonyl (C=O) groups excluding carboxylic acids is 2. The Kier molecular flexibility index (Phi) is 6.67. The van der Waals surface area contributed by atoms with Gasteiger partial charge in [0.25, 0.3) is 10.0 Å². The quantitative estimate of drug-likeness (QED) is 0.531. The van der Waals surface area contributed by atoms with E-state index in [9.17, 15) is 27.7 Å². The first-order valence-electron chi connectivity index (χ1n) is 9.99. The zero-order valence-electron chi connectivity index (χ0n) is 18.6. The van der Waals surface area contributed by atoms with Crippen molar-refractivity contribution in [1.82, 2.24) is 8.87 Å². The van der Waals surface area contributed by atoms with Crippen molar-refractivity contribution in [3.8, 4) is 6.07 Å². The molecule has 3 rings (SSSR count). The van der Waals surface area contributed by atoms with Crippen molar-refractivity contribution >= 4 is 38.3 Å². The van der Waals surface area contributed by atoms with Gasteiger partial charge in [0.05, 0.1) is 22.2 Å². The van der Waals surface area contributed by atoms with E-state index < -0.39 is 33.4 Å². The van der Waals surface area contributed by atoms with Crippen LogP contribution in [0.15, 0.2) is 47.4 Å². The predicted octanol–water partition coefficient (Wildman–Crippen LogP) is 3.17. The third kappa shape index (κ3) is 4.79. The van der Waals surface area contributed by atoms with Gasteiger partial charge >= 0.3 is 0 Å². The Balaban J connectivity index is 2.34. The Labute approximate surface area is 191 Å². The summed E-state index contributed by atoms with van der Waals surface area (Å²) in [5.41, 5.74) is 0.356. The zero-order chi connectivity index (χ0) is 24.5. The number of rotatable bonds is 7. The number of nitriles is 1. The number of aryl methyl sites for hydroxylation is 1. The lowest BCUT2D eigenvalue weighted by Gasteiger charge is -2.16. The summed E-state index contributed by atoms with van der Waals surface area (Å²) in [7, 11) is -0.934. The van der Waals surface area contributed by atoms with E-state index in [1.54, 1.807) is 38.1 Å². The van der Waals surface area contributed by atoms with Crippen molar-refractivity contribution in [2.24, 2.45) is 5.92 Å². The molecular weight excluding hydrogens is 447 g/mol. The van der Waals surface area contributed by atoms with Crippen LogP contribution in [0.4, 0.5) is 10.1 Å². The van der Waals surface area contributed by atoms with Gasteiger partial charge in [0, 0.05) is 18.9 Å². The standard InChI is InChI=1S/C23H23FN4O4S/c1-14-5-7-18(8-6-14)33(31,32)28-21-11-20(26-15(2)29)19(24)9-16(21)10-22(28)23(30)17(12-25)13-27(3)4/h5-11,17H,13H2,1-4H3,(H,26,29). The molecule has 0 aliphatic rings. The summed E-state index contributed by atoms with van der Waals surface area (Å²) in [6, 6.07) is 11.4. The van der Waals surface area contributed by atoms with Gasteiger partial charge in [-0.3, -0.25) is 9.59 Å². The van der Waals surface area contributed by atoms with E-state index in [-0.39, 0.29) is 33.7 Å². The number of ketones is 1. The predicted molar refractivity (Wildman–Crippen MR) is 122 cm³/mol. The number of nitrogens with one attached hydrogen (secondary N) is 1. The summed E-state index contributed by atoms with van der Waals surface area (Å²) in [5.74, 6) is -3.18. The second-order valence-corrected chi connectivity index (χ2v) is 9.78. The molecule has 0 saturated heterocycles. The number of Topliss-reactive ketones (excluding diaryl/α,β-unsaturated/α-hetero) is 1. The van der Waals surface area contributed by atoms with Gasteiger partial charge in [0.1, 0.15) is 17.4 Å². The summed E-state index contributed by atoms with van der Waals surface area (Å²) >= 11 is 0. The summed E-state index contributed by atoms with van der Waals surface area (Å²) in [5, 5.41) is 12.0. The molecule has 0 spiro atoms. The third-order valence-electron chi connectivity index (χ3n) is 4.99. The van der Waals surface area contributed by atoms with Crippen LogP contribution in [-0.2, 0) is 14.8 Å². The summed E-state index contributed by atoms with van der Waals surface area (Å²) < 4.78 is 42.7. The molecule has 0 aliphatic carbocycles. The van der Waals surface area contributed by atoms with E-state index in [1.807, 2.05) is 6.07 Å². The van der Waals surface area contributed by atoms with Crippen molar-refractivity contribution < 1.29 is 22.4 Å². The highest BCUT2D eigenvalue weighted by Gasteiger charge is 2.31. The normalized spacial score (nSPS) is 12.5. The highest BCUT2D eigenvalue weighted by atomic mass is 32.2. The van der Waals surface area contributed by atoms with Gasteiger partial charge in [-0.2, -0.15) is 5.26 Å². The Morgan fingerprint density at radius 3 is 2.36 bits per heavy atom. The van der Waals surface area contributed by atoms with Crippen molar-refractivity contribution in [3.05, 3.63) is 59.5 Å². The van der Waals surface area contributed by atoms with Crippen LogP contribution in [0.1, 0.15) is 23.0 Å². The Morgan fingerprint density at radius 2 is 1.82 bits per heavy atom. The molecule has 0 fully saturated rings. The molecule has 172 valence electrons. The Bertz CT molecular complexity index is 1390. The van der Waals surface area contributed by atoms with Crippen LogP contribution in [0, 0.1) is 30.0 Å². The van der Waals surface area contributed by atoms with Crippen LogP contribution in [0.3, 0.4) is 0 Å². The van der Waals surface area contributed by atoms with Crippen molar-refractivity contribution in [3.63, 3.8) is 0 Å². The highest BCUT2D eigenvalue weighted by Crippen LogP contribution is 2.31. The number of hydrogen-bond donors (Lipinski definition) is 1. The number of nitrogens with zero attached hydrogens (tertiary/aromatic N) is 3. The SMILES string of the molecule is CC(=O)Nc1cc2c(cc1F)cc(C(=O)C(C#N)CN(C)C)n2S(=O)(=O)c1ccc(C)cc1. The van der Waals surface area contributed by atoms with Gasteiger partial charge in [-0.1, -0.05) is 17.7 Å². The molecule has 1 atom stereocenters. The van der Waals surface area contributed by atoms with Crippen LogP contribution >= 0.6 is 0 Å². The van der Waals surface area contributed by atoms with Gasteiger partial charge in [0.2, 0.25) is 5.91 Å². The smallest absolute Gasteiger partial charge is 0.268 e. The molecule has 0 aliphatic heterocycles. The average molecular weight is 471 g/mol. The van der Waals surface area contributed by atoms with Gasteiger partial charge < -0.3 is 10.2 Å². The molecule has 0 bridgehead atoms. The van der Waals surface area contributed by atoms with E-state index in [0.29, 0.717) is 0 Å². The van der Waals surface area contributed by atoms with Gasteiger partial charge in [-0.25, -0.2) is 16.8 Å². The number of halogens is 1. The molecule has 1 N–H and O–H groups in total. The van der Waals surface area contributed by atoms with Crippen LogP contribution in [0.5, 0.6) is 0 Å². The van der Waals surface area contributed by atoms with Crippen LogP contribution in [0.2, 0.25) is 0 Å². The average Bonchev–Trinajstić information content (AvgIpc) is 3.10. The maximum atomic E-state index is 14.6. The zero-order valence-corrected chi connectivity index (χ0v) is 19.4. The molecule has 1 amide bonds. The number of fused-ring (bicyclic) bond motifs is 1. The number of benzene rings is 2. The number of amides is 1. The van der Waals surface area contributed by atoms with Gasteiger partial charge in [0.15, 0.2) is 5.78 Å². The molecule has 0 radical (unpaired) electrons. The van der Waals surface area contributed by atoms with E-state index in [1.165, 1.54) is 31.2 Å². The molecule has 1 heterocycles. The van der Waals surface area contributed by atoms with E-state index in [0.717, 1.165) is 15.6 Å². The fourth-order valence-corrected chi connectivity index (χ4v) is 4.97. The molecule has 1 unspecified atom stereocenters. The summed E-state index contributed by atoms with van der Waals surface area (Å²) in [4.78, 5) is 26.3.